The number of nitrogens with zero attached hydrogens (tertiary/aromatic N) is 1. The topological polar surface area (TPSA) is 60.2 Å². The molecule has 1 aliphatic heterocycles. The molecule has 0 aliphatic carbocycles. The van der Waals surface area contributed by atoms with E-state index in [-0.39, 0.29) is 0 Å². The summed E-state index contributed by atoms with van der Waals surface area (Å²) in [6.07, 6.45) is 5.10. The molecule has 2 atom stereocenters. The molecule has 18 heavy (non-hydrogen) atoms. The highest BCUT2D eigenvalue weighted by Crippen LogP contribution is 2.20. The van der Waals surface area contributed by atoms with Gasteiger partial charge in [0.1, 0.15) is 5.82 Å². The Morgan fingerprint density at radius 1 is 1.61 bits per heavy atom. The van der Waals surface area contributed by atoms with Crippen molar-refractivity contribution >= 4 is 5.82 Å². The van der Waals surface area contributed by atoms with Crippen molar-refractivity contribution in [3.63, 3.8) is 0 Å². The van der Waals surface area contributed by atoms with Crippen LogP contribution in [0.5, 0.6) is 0 Å². The van der Waals surface area contributed by atoms with Crippen molar-refractivity contribution in [2.75, 3.05) is 25.5 Å². The van der Waals surface area contributed by atoms with E-state index in [4.69, 9.17) is 10.5 Å². The minimum Gasteiger partial charge on any atom is -0.384 e. The Bertz CT molecular complexity index is 364. The largest absolute Gasteiger partial charge is 0.384 e. The molecule has 1 aromatic rings. The Morgan fingerprint density at radius 2 is 2.50 bits per heavy atom. The maximum absolute atomic E-state index is 5.73. The van der Waals surface area contributed by atoms with Crippen LogP contribution in [0, 0.1) is 5.92 Å². The number of nitrogens with one attached hydrogen (secondary N) is 1. The summed E-state index contributed by atoms with van der Waals surface area (Å²) in [5, 5.41) is 3.64. The van der Waals surface area contributed by atoms with E-state index in [1.807, 2.05) is 12.1 Å². The molecule has 1 aliphatic rings. The van der Waals surface area contributed by atoms with Crippen molar-refractivity contribution in [1.82, 2.24) is 10.3 Å². The highest BCUT2D eigenvalue weighted by atomic mass is 16.5. The number of pyridine rings is 1. The van der Waals surface area contributed by atoms with E-state index in [2.05, 4.69) is 17.2 Å². The van der Waals surface area contributed by atoms with E-state index in [0.29, 0.717) is 17.8 Å². The van der Waals surface area contributed by atoms with Crippen LogP contribution in [0.1, 0.15) is 25.3 Å². The maximum atomic E-state index is 5.73. The SMILES string of the molecule is CCCNC(Cc1ccnc(N)c1)C1CCOC1. The lowest BCUT2D eigenvalue weighted by atomic mass is 9.93. The Balaban J connectivity index is 1.99. The normalized spacial score (nSPS) is 21.1. The van der Waals surface area contributed by atoms with Gasteiger partial charge in [0.15, 0.2) is 0 Å². The van der Waals surface area contributed by atoms with Crippen LogP contribution in [0.2, 0.25) is 0 Å². The molecule has 2 unspecified atom stereocenters. The minimum atomic E-state index is 0.481. The van der Waals surface area contributed by atoms with Crippen molar-refractivity contribution in [1.29, 1.82) is 0 Å². The third-order valence-electron chi connectivity index (χ3n) is 3.49. The second-order valence-corrected chi connectivity index (χ2v) is 4.98. The molecule has 100 valence electrons. The molecule has 4 heteroatoms. The molecular formula is C14H23N3O. The molecule has 0 radical (unpaired) electrons. The van der Waals surface area contributed by atoms with E-state index in [1.54, 1.807) is 6.20 Å². The van der Waals surface area contributed by atoms with Gasteiger partial charge in [0.25, 0.3) is 0 Å². The van der Waals surface area contributed by atoms with Crippen molar-refractivity contribution < 1.29 is 4.74 Å². The fourth-order valence-corrected chi connectivity index (χ4v) is 2.48. The molecule has 0 aromatic carbocycles. The summed E-state index contributed by atoms with van der Waals surface area (Å²) in [5.74, 6) is 1.22. The smallest absolute Gasteiger partial charge is 0.123 e. The zero-order valence-corrected chi connectivity index (χ0v) is 11.1. The van der Waals surface area contributed by atoms with Gasteiger partial charge in [-0.1, -0.05) is 6.92 Å². The molecule has 2 rings (SSSR count). The van der Waals surface area contributed by atoms with E-state index in [1.165, 1.54) is 5.56 Å². The minimum absolute atomic E-state index is 0.481. The third-order valence-corrected chi connectivity index (χ3v) is 3.49. The van der Waals surface area contributed by atoms with Gasteiger partial charge in [-0.15, -0.1) is 0 Å². The predicted molar refractivity (Wildman–Crippen MR) is 73.4 cm³/mol. The van der Waals surface area contributed by atoms with Crippen LogP contribution in [0.15, 0.2) is 18.3 Å². The Hall–Kier alpha value is -1.13. The van der Waals surface area contributed by atoms with Gasteiger partial charge in [-0.3, -0.25) is 0 Å². The van der Waals surface area contributed by atoms with Gasteiger partial charge in [0, 0.05) is 24.8 Å². The fraction of sp³-hybridized carbons (Fsp3) is 0.643. The molecule has 0 spiro atoms. The number of hydrogen-bond donors (Lipinski definition) is 2. The molecule has 0 bridgehead atoms. The molecule has 0 amide bonds. The fourth-order valence-electron chi connectivity index (χ4n) is 2.48. The highest BCUT2D eigenvalue weighted by Gasteiger charge is 2.25. The van der Waals surface area contributed by atoms with Gasteiger partial charge >= 0.3 is 0 Å². The summed E-state index contributed by atoms with van der Waals surface area (Å²) in [6, 6.07) is 4.50. The van der Waals surface area contributed by atoms with Gasteiger partial charge in [-0.2, -0.15) is 0 Å². The van der Waals surface area contributed by atoms with E-state index in [9.17, 15) is 0 Å². The average Bonchev–Trinajstić information content (AvgIpc) is 2.88. The van der Waals surface area contributed by atoms with Crippen molar-refractivity contribution in [2.24, 2.45) is 5.92 Å². The van der Waals surface area contributed by atoms with Crippen LogP contribution < -0.4 is 11.1 Å². The second kappa shape index (κ2) is 6.71. The summed E-state index contributed by atoms with van der Waals surface area (Å²) >= 11 is 0. The number of ether oxygens (including phenoxy) is 1. The summed E-state index contributed by atoms with van der Waals surface area (Å²) in [5.41, 5.74) is 6.98. The standard InChI is InChI=1S/C14H23N3O/c1-2-5-16-13(12-4-7-18-10-12)8-11-3-6-17-14(15)9-11/h3,6,9,12-13,16H,2,4-5,7-8,10H2,1H3,(H2,15,17). The molecule has 1 fully saturated rings. The van der Waals surface area contributed by atoms with Gasteiger partial charge in [-0.05, 0) is 43.5 Å². The van der Waals surface area contributed by atoms with Crippen LogP contribution in [0.4, 0.5) is 5.82 Å². The molecule has 3 N–H and O–H groups in total. The summed E-state index contributed by atoms with van der Waals surface area (Å²) < 4.78 is 5.50. The third kappa shape index (κ3) is 3.68. The maximum Gasteiger partial charge on any atom is 0.123 e. The first-order valence-electron chi connectivity index (χ1n) is 6.81. The number of anilines is 1. The monoisotopic (exact) mass is 249 g/mol. The number of nitrogens with two attached hydrogens (primary N) is 1. The Labute approximate surface area is 109 Å². The molecule has 1 aromatic heterocycles. The summed E-state index contributed by atoms with van der Waals surface area (Å²) in [6.45, 7) is 5.02. The molecular weight excluding hydrogens is 226 g/mol. The lowest BCUT2D eigenvalue weighted by molar-refractivity contribution is 0.176. The van der Waals surface area contributed by atoms with Crippen molar-refractivity contribution in [2.45, 2.75) is 32.2 Å². The number of hydrogen-bond acceptors (Lipinski definition) is 4. The lowest BCUT2D eigenvalue weighted by Gasteiger charge is -2.24. The average molecular weight is 249 g/mol. The number of nitrogen functional groups attached to an aromatic ring is 1. The number of rotatable bonds is 6. The zero-order valence-electron chi connectivity index (χ0n) is 11.1. The van der Waals surface area contributed by atoms with Crippen molar-refractivity contribution in [3.8, 4) is 0 Å². The summed E-state index contributed by atoms with van der Waals surface area (Å²) in [4.78, 5) is 4.04. The van der Waals surface area contributed by atoms with Gasteiger partial charge in [0.05, 0.1) is 6.61 Å². The zero-order chi connectivity index (χ0) is 12.8. The predicted octanol–water partition coefficient (Wildman–Crippen LogP) is 1.61. The van der Waals surface area contributed by atoms with Crippen LogP contribution in [-0.2, 0) is 11.2 Å². The molecule has 0 saturated carbocycles. The molecule has 2 heterocycles. The van der Waals surface area contributed by atoms with Gasteiger partial charge < -0.3 is 15.8 Å². The van der Waals surface area contributed by atoms with Gasteiger partial charge in [-0.25, -0.2) is 4.98 Å². The van der Waals surface area contributed by atoms with Gasteiger partial charge in [0.2, 0.25) is 0 Å². The van der Waals surface area contributed by atoms with E-state index in [0.717, 1.165) is 39.0 Å². The first-order valence-corrected chi connectivity index (χ1v) is 6.81. The van der Waals surface area contributed by atoms with Crippen LogP contribution in [0.3, 0.4) is 0 Å². The first-order chi connectivity index (χ1) is 8.79. The van der Waals surface area contributed by atoms with E-state index < -0.39 is 0 Å². The first kappa shape index (κ1) is 13.3. The van der Waals surface area contributed by atoms with Crippen molar-refractivity contribution in [3.05, 3.63) is 23.9 Å². The highest BCUT2D eigenvalue weighted by molar-refractivity contribution is 5.32. The summed E-state index contributed by atoms with van der Waals surface area (Å²) in [7, 11) is 0. The second-order valence-electron chi connectivity index (χ2n) is 4.98. The Morgan fingerprint density at radius 3 is 3.17 bits per heavy atom. The lowest BCUT2D eigenvalue weighted by Crippen LogP contribution is -2.38. The Kier molecular flexibility index (Phi) is 4.96. The number of aromatic nitrogens is 1. The quantitative estimate of drug-likeness (QED) is 0.804. The van der Waals surface area contributed by atoms with Crippen LogP contribution in [-0.4, -0.2) is 30.8 Å². The van der Waals surface area contributed by atoms with E-state index >= 15 is 0 Å². The molecule has 4 nitrogen and oxygen atoms in total. The van der Waals surface area contributed by atoms with Crippen LogP contribution >= 0.6 is 0 Å². The van der Waals surface area contributed by atoms with Crippen LogP contribution in [0.25, 0.3) is 0 Å². The molecule has 1 saturated heterocycles.